The van der Waals surface area contributed by atoms with Crippen LogP contribution in [0.1, 0.15) is 31.4 Å². The lowest BCUT2D eigenvalue weighted by Crippen LogP contribution is -2.51. The molecule has 136 valence electrons. The molecular weight excluding hydrogens is 320 g/mol. The molecule has 0 aliphatic carbocycles. The monoisotopic (exact) mass is 346 g/mol. The fraction of sp³-hybridized carbons (Fsp3) is 0.684. The lowest BCUT2D eigenvalue weighted by molar-refractivity contribution is -0.143. The summed E-state index contributed by atoms with van der Waals surface area (Å²) in [4.78, 5) is 19.0. The Morgan fingerprint density at radius 3 is 3.16 bits per heavy atom. The van der Waals surface area contributed by atoms with Crippen LogP contribution in [0.25, 0.3) is 0 Å². The van der Waals surface area contributed by atoms with E-state index in [4.69, 9.17) is 14.2 Å². The first-order valence-corrected chi connectivity index (χ1v) is 9.26. The Balaban J connectivity index is 1.32. The van der Waals surface area contributed by atoms with Gasteiger partial charge in [-0.3, -0.25) is 9.78 Å². The van der Waals surface area contributed by atoms with Crippen LogP contribution in [0.4, 0.5) is 0 Å². The Morgan fingerprint density at radius 2 is 2.36 bits per heavy atom. The van der Waals surface area contributed by atoms with Gasteiger partial charge in [0, 0.05) is 32.3 Å². The van der Waals surface area contributed by atoms with Crippen molar-refractivity contribution in [2.75, 3.05) is 32.9 Å². The predicted octanol–water partition coefficient (Wildman–Crippen LogP) is 1.78. The van der Waals surface area contributed by atoms with Crippen LogP contribution in [0, 0.1) is 5.92 Å². The Hall–Kier alpha value is -1.50. The minimum Gasteiger partial charge on any atom is -0.381 e. The predicted molar refractivity (Wildman–Crippen MR) is 90.9 cm³/mol. The van der Waals surface area contributed by atoms with Gasteiger partial charge in [0.1, 0.15) is 0 Å². The maximum atomic E-state index is 12.7. The minimum atomic E-state index is -0.234. The van der Waals surface area contributed by atoms with Gasteiger partial charge in [-0.1, -0.05) is 6.07 Å². The zero-order valence-electron chi connectivity index (χ0n) is 14.6. The summed E-state index contributed by atoms with van der Waals surface area (Å²) >= 11 is 0. The number of nitrogens with zero attached hydrogens (tertiary/aromatic N) is 2. The van der Waals surface area contributed by atoms with Gasteiger partial charge in [0.2, 0.25) is 5.91 Å². The van der Waals surface area contributed by atoms with Gasteiger partial charge in [-0.15, -0.1) is 0 Å². The average molecular weight is 346 g/mol. The van der Waals surface area contributed by atoms with Gasteiger partial charge in [-0.05, 0) is 31.4 Å². The van der Waals surface area contributed by atoms with E-state index in [0.717, 1.165) is 37.9 Å². The fourth-order valence-electron chi connectivity index (χ4n) is 4.15. The van der Waals surface area contributed by atoms with E-state index < -0.39 is 0 Å². The highest BCUT2D eigenvalue weighted by Crippen LogP contribution is 2.36. The summed E-state index contributed by atoms with van der Waals surface area (Å²) in [5.41, 5.74) is 0.701. The van der Waals surface area contributed by atoms with E-state index in [0.29, 0.717) is 33.0 Å². The van der Waals surface area contributed by atoms with E-state index in [1.165, 1.54) is 0 Å². The van der Waals surface area contributed by atoms with Crippen molar-refractivity contribution < 1.29 is 19.0 Å². The van der Waals surface area contributed by atoms with Crippen LogP contribution in [-0.4, -0.2) is 60.4 Å². The number of hydrogen-bond donors (Lipinski definition) is 0. The molecule has 25 heavy (non-hydrogen) atoms. The summed E-state index contributed by atoms with van der Waals surface area (Å²) in [6.45, 7) is 3.90. The molecule has 1 spiro atoms. The Kier molecular flexibility index (Phi) is 5.01. The maximum Gasteiger partial charge on any atom is 0.228 e. The summed E-state index contributed by atoms with van der Waals surface area (Å²) in [5, 5.41) is 0. The lowest BCUT2D eigenvalue weighted by Gasteiger charge is -2.40. The van der Waals surface area contributed by atoms with E-state index in [1.54, 1.807) is 6.20 Å². The molecule has 4 rings (SSSR count). The van der Waals surface area contributed by atoms with Crippen molar-refractivity contribution in [3.63, 3.8) is 0 Å². The normalized spacial score (nSPS) is 32.4. The van der Waals surface area contributed by atoms with Gasteiger partial charge in [0.15, 0.2) is 0 Å². The zero-order chi connectivity index (χ0) is 17.1. The van der Waals surface area contributed by atoms with Crippen molar-refractivity contribution in [1.82, 2.24) is 9.88 Å². The summed E-state index contributed by atoms with van der Waals surface area (Å²) in [5.74, 6) is 0.269. The molecule has 0 radical (unpaired) electrons. The van der Waals surface area contributed by atoms with E-state index >= 15 is 0 Å². The molecule has 3 atom stereocenters. The molecule has 4 heterocycles. The first-order chi connectivity index (χ1) is 12.2. The Bertz CT molecular complexity index is 590. The molecule has 1 aromatic rings. The van der Waals surface area contributed by atoms with E-state index in [1.807, 2.05) is 23.1 Å². The van der Waals surface area contributed by atoms with Gasteiger partial charge >= 0.3 is 0 Å². The Labute approximate surface area is 148 Å². The van der Waals surface area contributed by atoms with Crippen LogP contribution in [0.2, 0.25) is 0 Å². The van der Waals surface area contributed by atoms with Gasteiger partial charge < -0.3 is 19.1 Å². The second-order valence-corrected chi connectivity index (χ2v) is 7.38. The molecule has 3 saturated heterocycles. The van der Waals surface area contributed by atoms with E-state index in [9.17, 15) is 4.79 Å². The molecule has 3 aliphatic rings. The molecule has 1 aromatic heterocycles. The smallest absolute Gasteiger partial charge is 0.228 e. The summed E-state index contributed by atoms with van der Waals surface area (Å²) in [7, 11) is 0. The number of aromatic nitrogens is 1. The molecule has 1 unspecified atom stereocenters. The number of amides is 1. The van der Waals surface area contributed by atoms with Crippen molar-refractivity contribution in [3.8, 4) is 0 Å². The molecule has 6 heteroatoms. The highest BCUT2D eigenvalue weighted by Gasteiger charge is 2.45. The van der Waals surface area contributed by atoms with Crippen LogP contribution >= 0.6 is 0 Å². The highest BCUT2D eigenvalue weighted by atomic mass is 16.6. The molecule has 0 bridgehead atoms. The summed E-state index contributed by atoms with van der Waals surface area (Å²) in [6, 6.07) is 5.84. The number of pyridine rings is 1. The van der Waals surface area contributed by atoms with Crippen LogP contribution in [0.3, 0.4) is 0 Å². The topological polar surface area (TPSA) is 60.9 Å². The molecule has 6 nitrogen and oxygen atoms in total. The van der Waals surface area contributed by atoms with E-state index in [-0.39, 0.29) is 23.5 Å². The quantitative estimate of drug-likeness (QED) is 0.832. The third-order valence-corrected chi connectivity index (χ3v) is 5.50. The van der Waals surface area contributed by atoms with E-state index in [2.05, 4.69) is 4.98 Å². The molecule has 0 saturated carbocycles. The third kappa shape index (κ3) is 3.86. The van der Waals surface area contributed by atoms with Crippen molar-refractivity contribution in [1.29, 1.82) is 0 Å². The molecule has 1 amide bonds. The number of likely N-dealkylation sites (tertiary alicyclic amines) is 1. The van der Waals surface area contributed by atoms with Crippen molar-refractivity contribution in [2.45, 2.75) is 44.0 Å². The number of piperidine rings is 1. The lowest BCUT2D eigenvalue weighted by atomic mass is 9.88. The molecule has 3 fully saturated rings. The maximum absolute atomic E-state index is 12.7. The molecule has 0 aromatic carbocycles. The minimum absolute atomic E-state index is 0.0350. The standard InChI is InChI=1S/C19H26N2O4/c22-18(15-5-9-23-11-15)21-8-3-6-19(14-21)10-17(13-25-19)24-12-16-4-1-2-7-20-16/h1-2,4,7,15,17H,3,5-6,8-14H2/t15?,17-,19+/m0/s1. The second-order valence-electron chi connectivity index (χ2n) is 7.38. The van der Waals surface area contributed by atoms with Gasteiger partial charge in [0.25, 0.3) is 0 Å². The summed E-state index contributed by atoms with van der Waals surface area (Å²) < 4.78 is 17.5. The van der Waals surface area contributed by atoms with Crippen molar-refractivity contribution >= 4 is 5.91 Å². The number of carbonyl (C=O) groups excluding carboxylic acids is 1. The number of rotatable bonds is 4. The van der Waals surface area contributed by atoms with Crippen LogP contribution in [0.15, 0.2) is 24.4 Å². The van der Waals surface area contributed by atoms with Gasteiger partial charge in [-0.25, -0.2) is 0 Å². The SMILES string of the molecule is O=C(C1CCOC1)N1CCC[C@@]2(C[C@H](OCc3ccccn3)CO2)C1. The fourth-order valence-corrected chi connectivity index (χ4v) is 4.15. The van der Waals surface area contributed by atoms with Crippen LogP contribution in [-0.2, 0) is 25.6 Å². The molecular formula is C19H26N2O4. The number of hydrogen-bond acceptors (Lipinski definition) is 5. The van der Waals surface area contributed by atoms with Crippen molar-refractivity contribution in [3.05, 3.63) is 30.1 Å². The van der Waals surface area contributed by atoms with Crippen LogP contribution in [0.5, 0.6) is 0 Å². The first kappa shape index (κ1) is 16.9. The largest absolute Gasteiger partial charge is 0.381 e. The molecule has 3 aliphatic heterocycles. The molecule has 0 N–H and O–H groups in total. The summed E-state index contributed by atoms with van der Waals surface area (Å²) in [6.07, 6.45) is 5.55. The zero-order valence-corrected chi connectivity index (χ0v) is 14.6. The van der Waals surface area contributed by atoms with Gasteiger partial charge in [0.05, 0.1) is 43.1 Å². The average Bonchev–Trinajstić information content (AvgIpc) is 3.31. The number of carbonyl (C=O) groups is 1. The second kappa shape index (κ2) is 7.40. The van der Waals surface area contributed by atoms with Gasteiger partial charge in [-0.2, -0.15) is 0 Å². The van der Waals surface area contributed by atoms with Crippen LogP contribution < -0.4 is 0 Å². The van der Waals surface area contributed by atoms with Crippen molar-refractivity contribution in [2.24, 2.45) is 5.92 Å². The Morgan fingerprint density at radius 1 is 1.40 bits per heavy atom. The third-order valence-electron chi connectivity index (χ3n) is 5.50. The number of ether oxygens (including phenoxy) is 3. The highest BCUT2D eigenvalue weighted by molar-refractivity contribution is 5.79. The first-order valence-electron chi connectivity index (χ1n) is 9.26.